The van der Waals surface area contributed by atoms with Crippen molar-refractivity contribution >= 4 is 6.03 Å². The van der Waals surface area contributed by atoms with Gasteiger partial charge in [0.05, 0.1) is 6.04 Å². The largest absolute Gasteiger partial charge is 0.329 e. The number of urea groups is 1. The number of carbonyl (C=O) groups excluding carboxylic acids is 1. The number of aryl methyl sites for hydroxylation is 2. The molecule has 1 N–H and O–H groups in total. The zero-order valence-corrected chi connectivity index (χ0v) is 18.3. The summed E-state index contributed by atoms with van der Waals surface area (Å²) in [5.74, 6) is 0.481. The zero-order valence-electron chi connectivity index (χ0n) is 18.3. The summed E-state index contributed by atoms with van der Waals surface area (Å²) >= 11 is 0. The minimum atomic E-state index is 0.00367. The minimum Gasteiger partial charge on any atom is -0.329 e. The van der Waals surface area contributed by atoms with Crippen LogP contribution in [0.2, 0.25) is 0 Å². The van der Waals surface area contributed by atoms with E-state index in [2.05, 4.69) is 81.5 Å². The van der Waals surface area contributed by atoms with Gasteiger partial charge in [0.25, 0.3) is 0 Å². The lowest BCUT2D eigenvalue weighted by Gasteiger charge is -2.20. The Kier molecular flexibility index (Phi) is 5.63. The van der Waals surface area contributed by atoms with Crippen LogP contribution in [0.5, 0.6) is 0 Å². The van der Waals surface area contributed by atoms with E-state index in [-0.39, 0.29) is 12.1 Å². The first-order chi connectivity index (χ1) is 14.4. The minimum absolute atomic E-state index is 0.00367. The third-order valence-electron chi connectivity index (χ3n) is 6.03. The van der Waals surface area contributed by atoms with Crippen molar-refractivity contribution in [1.82, 2.24) is 10.2 Å². The fourth-order valence-corrected chi connectivity index (χ4v) is 4.21. The highest BCUT2D eigenvalue weighted by Crippen LogP contribution is 2.32. The Morgan fingerprint density at radius 2 is 1.73 bits per heavy atom. The summed E-state index contributed by atoms with van der Waals surface area (Å²) in [7, 11) is 0. The van der Waals surface area contributed by atoms with E-state index in [0.717, 1.165) is 5.56 Å². The number of hydrogen-bond donors (Lipinski definition) is 1. The molecule has 3 heteroatoms. The van der Waals surface area contributed by atoms with Crippen LogP contribution >= 0.6 is 0 Å². The van der Waals surface area contributed by atoms with Crippen LogP contribution in [-0.4, -0.2) is 17.5 Å². The molecule has 1 aliphatic heterocycles. The normalized spacial score (nSPS) is 16.2. The van der Waals surface area contributed by atoms with Crippen LogP contribution in [0.25, 0.3) is 11.1 Å². The number of amides is 2. The molecule has 1 saturated heterocycles. The van der Waals surface area contributed by atoms with Crippen LogP contribution in [0.1, 0.15) is 53.6 Å². The number of nitrogens with one attached hydrogen (secondary N) is 1. The smallest absolute Gasteiger partial charge is 0.318 e. The Morgan fingerprint density at radius 3 is 2.47 bits per heavy atom. The fourth-order valence-electron chi connectivity index (χ4n) is 4.21. The highest BCUT2D eigenvalue weighted by molar-refractivity contribution is 5.78. The van der Waals surface area contributed by atoms with Crippen molar-refractivity contribution in [3.8, 4) is 11.1 Å². The second-order valence-electron chi connectivity index (χ2n) is 8.68. The van der Waals surface area contributed by atoms with E-state index in [9.17, 15) is 4.79 Å². The van der Waals surface area contributed by atoms with Crippen LogP contribution in [0.4, 0.5) is 4.79 Å². The number of nitrogens with zero attached hydrogens (tertiary/aromatic N) is 1. The van der Waals surface area contributed by atoms with Gasteiger partial charge in [-0.25, -0.2) is 4.79 Å². The van der Waals surface area contributed by atoms with E-state index in [1.165, 1.54) is 33.4 Å². The van der Waals surface area contributed by atoms with Crippen LogP contribution in [-0.2, 0) is 6.54 Å². The quantitative estimate of drug-likeness (QED) is 0.533. The van der Waals surface area contributed by atoms with Gasteiger partial charge in [-0.2, -0.15) is 0 Å². The van der Waals surface area contributed by atoms with E-state index in [1.54, 1.807) is 0 Å². The second-order valence-corrected chi connectivity index (χ2v) is 8.68. The summed E-state index contributed by atoms with van der Waals surface area (Å²) in [6.45, 7) is 10.0. The van der Waals surface area contributed by atoms with Crippen molar-refractivity contribution in [1.29, 1.82) is 0 Å². The summed E-state index contributed by atoms with van der Waals surface area (Å²) in [6, 6.07) is 23.6. The Labute approximate surface area is 179 Å². The molecule has 0 saturated carbocycles. The van der Waals surface area contributed by atoms with Gasteiger partial charge in [0.2, 0.25) is 0 Å². The van der Waals surface area contributed by atoms with Crippen molar-refractivity contribution < 1.29 is 4.79 Å². The fraction of sp³-hybridized carbons (Fsp3) is 0.296. The molecule has 1 atom stereocenters. The maximum absolute atomic E-state index is 12.7. The molecular formula is C27H30N2O. The van der Waals surface area contributed by atoms with Gasteiger partial charge in [0.15, 0.2) is 0 Å². The summed E-state index contributed by atoms with van der Waals surface area (Å²) in [6.07, 6.45) is 0. The SMILES string of the molecule is Cc1ccc(-c2cc(C(C)C)ccc2C)c(CN2C[C@@H](c3ccccc3)NC2=O)c1. The van der Waals surface area contributed by atoms with Gasteiger partial charge in [-0.3, -0.25) is 0 Å². The van der Waals surface area contributed by atoms with Gasteiger partial charge < -0.3 is 10.2 Å². The predicted molar refractivity (Wildman–Crippen MR) is 124 cm³/mol. The Balaban J connectivity index is 1.65. The summed E-state index contributed by atoms with van der Waals surface area (Å²) in [5.41, 5.74) is 8.64. The molecule has 1 heterocycles. The molecule has 2 amide bonds. The van der Waals surface area contributed by atoms with Crippen molar-refractivity contribution in [2.45, 2.75) is 46.2 Å². The van der Waals surface area contributed by atoms with Gasteiger partial charge in [0.1, 0.15) is 0 Å². The monoisotopic (exact) mass is 398 g/mol. The van der Waals surface area contributed by atoms with E-state index >= 15 is 0 Å². The van der Waals surface area contributed by atoms with E-state index in [0.29, 0.717) is 19.0 Å². The molecular weight excluding hydrogens is 368 g/mol. The molecule has 3 aromatic carbocycles. The molecule has 0 radical (unpaired) electrons. The Hall–Kier alpha value is -3.07. The van der Waals surface area contributed by atoms with Crippen molar-refractivity contribution in [2.24, 2.45) is 0 Å². The van der Waals surface area contributed by atoms with Crippen LogP contribution in [0.15, 0.2) is 66.7 Å². The molecule has 4 rings (SSSR count). The first kappa shape index (κ1) is 20.2. The van der Waals surface area contributed by atoms with Gasteiger partial charge in [0, 0.05) is 13.1 Å². The lowest BCUT2D eigenvalue weighted by molar-refractivity contribution is 0.215. The Morgan fingerprint density at radius 1 is 0.967 bits per heavy atom. The molecule has 0 aromatic heterocycles. The van der Waals surface area contributed by atoms with Gasteiger partial charge >= 0.3 is 6.03 Å². The maximum atomic E-state index is 12.7. The average molecular weight is 399 g/mol. The average Bonchev–Trinajstić information content (AvgIpc) is 3.10. The number of carbonyl (C=O) groups is 1. The predicted octanol–water partition coefficient (Wildman–Crippen LogP) is 6.36. The standard InChI is InChI=1S/C27H30N2O/c1-18(2)22-12-11-20(4)25(15-22)24-13-10-19(3)14-23(24)16-29-17-26(28-27(29)30)21-8-6-5-7-9-21/h5-15,18,26H,16-17H2,1-4H3,(H,28,30)/t26-/m0/s1. The molecule has 1 fully saturated rings. The van der Waals surface area contributed by atoms with Gasteiger partial charge in [-0.1, -0.05) is 86.1 Å². The molecule has 3 aromatic rings. The van der Waals surface area contributed by atoms with Crippen LogP contribution < -0.4 is 5.32 Å². The molecule has 0 bridgehead atoms. The van der Waals surface area contributed by atoms with Crippen LogP contribution in [0, 0.1) is 13.8 Å². The molecule has 3 nitrogen and oxygen atoms in total. The van der Waals surface area contributed by atoms with E-state index < -0.39 is 0 Å². The molecule has 30 heavy (non-hydrogen) atoms. The van der Waals surface area contributed by atoms with Crippen LogP contribution in [0.3, 0.4) is 0 Å². The third-order valence-corrected chi connectivity index (χ3v) is 6.03. The molecule has 0 unspecified atom stereocenters. The maximum Gasteiger partial charge on any atom is 0.318 e. The lowest BCUT2D eigenvalue weighted by atomic mass is 9.90. The summed E-state index contributed by atoms with van der Waals surface area (Å²) in [5, 5.41) is 3.14. The third kappa shape index (κ3) is 4.11. The van der Waals surface area contributed by atoms with Crippen molar-refractivity contribution in [3.63, 3.8) is 0 Å². The topological polar surface area (TPSA) is 32.3 Å². The van der Waals surface area contributed by atoms with Crippen molar-refractivity contribution in [2.75, 3.05) is 6.54 Å². The lowest BCUT2D eigenvalue weighted by Crippen LogP contribution is -2.27. The van der Waals surface area contributed by atoms with Gasteiger partial charge in [-0.15, -0.1) is 0 Å². The van der Waals surface area contributed by atoms with E-state index in [4.69, 9.17) is 0 Å². The Bertz CT molecular complexity index is 1060. The van der Waals surface area contributed by atoms with E-state index in [1.807, 2.05) is 23.1 Å². The summed E-state index contributed by atoms with van der Waals surface area (Å²) < 4.78 is 0. The second kappa shape index (κ2) is 8.35. The molecule has 0 aliphatic carbocycles. The first-order valence-corrected chi connectivity index (χ1v) is 10.7. The van der Waals surface area contributed by atoms with Gasteiger partial charge in [-0.05, 0) is 53.1 Å². The number of rotatable bonds is 5. The molecule has 0 spiro atoms. The zero-order chi connectivity index (χ0) is 21.3. The molecule has 1 aliphatic rings. The number of hydrogen-bond acceptors (Lipinski definition) is 1. The highest BCUT2D eigenvalue weighted by Gasteiger charge is 2.30. The van der Waals surface area contributed by atoms with Crippen molar-refractivity contribution in [3.05, 3.63) is 94.5 Å². The molecule has 154 valence electrons. The summed E-state index contributed by atoms with van der Waals surface area (Å²) in [4.78, 5) is 14.6. The highest BCUT2D eigenvalue weighted by atomic mass is 16.2. The number of benzene rings is 3. The first-order valence-electron chi connectivity index (χ1n) is 10.7.